The summed E-state index contributed by atoms with van der Waals surface area (Å²) in [5.74, 6) is -0.626. The summed E-state index contributed by atoms with van der Waals surface area (Å²) in [5.41, 5.74) is 13.5. The second kappa shape index (κ2) is 9.61. The molecule has 14 nitrogen and oxygen atoms in total. The number of nitrogens with two attached hydrogens (primary N) is 2. The molecular formula is C20H16N8O6S3. The van der Waals surface area contributed by atoms with Crippen molar-refractivity contribution in [2.75, 3.05) is 22.1 Å². The zero-order valence-electron chi connectivity index (χ0n) is 18.3. The molecule has 0 fully saturated rings. The Labute approximate surface area is 214 Å². The van der Waals surface area contributed by atoms with E-state index in [0.717, 1.165) is 23.8 Å². The minimum Gasteiger partial charge on any atom is -0.389 e. The average molecular weight is 561 g/mol. The first-order valence-electron chi connectivity index (χ1n) is 9.87. The minimum atomic E-state index is -4.80. The Balaban J connectivity index is 1.63. The normalized spacial score (nSPS) is 11.6. The van der Waals surface area contributed by atoms with Crippen molar-refractivity contribution in [2.24, 2.45) is 0 Å². The number of anilines is 6. The molecule has 0 aliphatic heterocycles. The standard InChI is InChI=1S/C20H16N8O6S3/c21-8-13-14(9-35-17(13)22)10-1-3-11(4-2-10)24-19-26-18(23)27-20(28-19)25-15-7-12(36(29,30)31)5-6-16(15)37(32,33)34/h1-7,9H,22H2,(H,29,30,31)(H,32,33,34)(H4,23,24,25,26,27,28). The lowest BCUT2D eigenvalue weighted by Gasteiger charge is -2.12. The van der Waals surface area contributed by atoms with Crippen molar-refractivity contribution >= 4 is 65.8 Å². The summed E-state index contributed by atoms with van der Waals surface area (Å²) in [6.07, 6.45) is 0. The number of thiophene rings is 1. The van der Waals surface area contributed by atoms with Gasteiger partial charge in [0.1, 0.15) is 16.0 Å². The first kappa shape index (κ1) is 25.7. The largest absolute Gasteiger partial charge is 0.389 e. The van der Waals surface area contributed by atoms with Gasteiger partial charge in [0.15, 0.2) is 0 Å². The highest BCUT2D eigenvalue weighted by atomic mass is 32.2. The number of hydrogen-bond donors (Lipinski definition) is 6. The summed E-state index contributed by atoms with van der Waals surface area (Å²) in [6, 6.07) is 11.3. The van der Waals surface area contributed by atoms with E-state index in [4.69, 9.17) is 11.5 Å². The van der Waals surface area contributed by atoms with Crippen molar-refractivity contribution in [3.63, 3.8) is 0 Å². The van der Waals surface area contributed by atoms with Crippen molar-refractivity contribution in [1.82, 2.24) is 15.0 Å². The SMILES string of the molecule is N#Cc1c(-c2ccc(Nc3nc(N)nc(Nc4cc(S(=O)(=O)O)ccc4S(=O)(=O)O)n3)cc2)csc1N. The third kappa shape index (κ3) is 5.74. The Morgan fingerprint density at radius 2 is 1.54 bits per heavy atom. The second-order valence-corrected chi connectivity index (χ2v) is 11.0. The molecule has 17 heteroatoms. The van der Waals surface area contributed by atoms with Crippen molar-refractivity contribution in [3.8, 4) is 17.2 Å². The maximum atomic E-state index is 11.7. The number of nitrogen functional groups attached to an aromatic ring is 2. The van der Waals surface area contributed by atoms with E-state index in [1.165, 1.54) is 11.3 Å². The van der Waals surface area contributed by atoms with E-state index in [9.17, 15) is 31.2 Å². The van der Waals surface area contributed by atoms with E-state index in [2.05, 4.69) is 31.7 Å². The van der Waals surface area contributed by atoms with Gasteiger partial charge in [0.05, 0.1) is 16.1 Å². The number of nitriles is 1. The highest BCUT2D eigenvalue weighted by Crippen LogP contribution is 2.34. The van der Waals surface area contributed by atoms with Gasteiger partial charge < -0.3 is 22.1 Å². The van der Waals surface area contributed by atoms with Crippen LogP contribution in [0.5, 0.6) is 0 Å². The first-order chi connectivity index (χ1) is 17.3. The Morgan fingerprint density at radius 1 is 0.892 bits per heavy atom. The summed E-state index contributed by atoms with van der Waals surface area (Å²) in [5, 5.41) is 16.9. The third-order valence-corrected chi connectivity index (χ3v) is 7.38. The lowest BCUT2D eigenvalue weighted by molar-refractivity contribution is 0.479. The molecule has 0 atom stereocenters. The summed E-state index contributed by atoms with van der Waals surface area (Å²) in [4.78, 5) is 10.5. The van der Waals surface area contributed by atoms with Gasteiger partial charge in [-0.15, -0.1) is 11.3 Å². The highest BCUT2D eigenvalue weighted by Gasteiger charge is 2.21. The Morgan fingerprint density at radius 3 is 2.14 bits per heavy atom. The summed E-state index contributed by atoms with van der Waals surface area (Å²) >= 11 is 1.26. The van der Waals surface area contributed by atoms with E-state index < -0.39 is 35.7 Å². The molecule has 0 aliphatic carbocycles. The van der Waals surface area contributed by atoms with Crippen molar-refractivity contribution in [2.45, 2.75) is 9.79 Å². The Kier molecular flexibility index (Phi) is 6.68. The summed E-state index contributed by atoms with van der Waals surface area (Å²) < 4.78 is 65.2. The fourth-order valence-corrected chi connectivity index (χ4v) is 5.09. The number of hydrogen-bond acceptors (Lipinski definition) is 13. The van der Waals surface area contributed by atoms with Gasteiger partial charge in [0.25, 0.3) is 20.2 Å². The predicted octanol–water partition coefficient (Wildman–Crippen LogP) is 2.62. The molecule has 37 heavy (non-hydrogen) atoms. The van der Waals surface area contributed by atoms with Gasteiger partial charge in [-0.1, -0.05) is 12.1 Å². The van der Waals surface area contributed by atoms with Crippen LogP contribution in [0.25, 0.3) is 11.1 Å². The fraction of sp³-hybridized carbons (Fsp3) is 0. The molecule has 2 heterocycles. The van der Waals surface area contributed by atoms with Crippen molar-refractivity contribution in [3.05, 3.63) is 53.4 Å². The number of rotatable bonds is 7. The first-order valence-corrected chi connectivity index (χ1v) is 13.6. The molecule has 0 amide bonds. The van der Waals surface area contributed by atoms with Crippen molar-refractivity contribution in [1.29, 1.82) is 5.26 Å². The van der Waals surface area contributed by atoms with Crippen LogP contribution in [0.1, 0.15) is 5.56 Å². The zero-order chi connectivity index (χ0) is 27.0. The van der Waals surface area contributed by atoms with Gasteiger partial charge in [-0.3, -0.25) is 9.11 Å². The zero-order valence-corrected chi connectivity index (χ0v) is 20.8. The van der Waals surface area contributed by atoms with Crippen LogP contribution in [0.3, 0.4) is 0 Å². The van der Waals surface area contributed by atoms with Crippen LogP contribution in [0.15, 0.2) is 57.6 Å². The van der Waals surface area contributed by atoms with Gasteiger partial charge in [-0.25, -0.2) is 0 Å². The number of benzene rings is 2. The van der Waals surface area contributed by atoms with Crippen LogP contribution in [-0.4, -0.2) is 40.9 Å². The van der Waals surface area contributed by atoms with Crippen LogP contribution in [0.2, 0.25) is 0 Å². The molecule has 0 bridgehead atoms. The average Bonchev–Trinajstić information content (AvgIpc) is 3.18. The van der Waals surface area contributed by atoms with Crippen LogP contribution in [-0.2, 0) is 20.2 Å². The molecular weight excluding hydrogens is 544 g/mol. The highest BCUT2D eigenvalue weighted by molar-refractivity contribution is 7.86. The minimum absolute atomic E-state index is 0.0559. The molecule has 4 rings (SSSR count). The molecule has 0 saturated carbocycles. The molecule has 0 radical (unpaired) electrons. The van der Waals surface area contributed by atoms with Crippen LogP contribution in [0, 0.1) is 11.3 Å². The Hall–Kier alpha value is -4.34. The molecule has 8 N–H and O–H groups in total. The molecule has 0 spiro atoms. The maximum Gasteiger partial charge on any atom is 0.296 e. The lowest BCUT2D eigenvalue weighted by atomic mass is 10.0. The van der Waals surface area contributed by atoms with Crippen LogP contribution in [0.4, 0.5) is 34.2 Å². The third-order valence-electron chi connectivity index (χ3n) is 4.81. The van der Waals surface area contributed by atoms with E-state index >= 15 is 0 Å². The molecule has 0 unspecified atom stereocenters. The summed E-state index contributed by atoms with van der Waals surface area (Å²) in [7, 11) is -9.49. The van der Waals surface area contributed by atoms with E-state index in [1.54, 1.807) is 29.6 Å². The van der Waals surface area contributed by atoms with Crippen LogP contribution >= 0.6 is 11.3 Å². The molecule has 2 aromatic carbocycles. The topological polar surface area (TPSA) is 247 Å². The fourth-order valence-electron chi connectivity index (χ4n) is 3.18. The van der Waals surface area contributed by atoms with Crippen LogP contribution < -0.4 is 22.1 Å². The number of aromatic nitrogens is 3. The molecule has 2 aromatic heterocycles. The smallest absolute Gasteiger partial charge is 0.296 e. The van der Waals surface area contributed by atoms with E-state index in [0.29, 0.717) is 21.8 Å². The quantitative estimate of drug-likeness (QED) is 0.178. The van der Waals surface area contributed by atoms with Gasteiger partial charge in [0.2, 0.25) is 17.8 Å². The summed E-state index contributed by atoms with van der Waals surface area (Å²) in [6.45, 7) is 0. The lowest BCUT2D eigenvalue weighted by Crippen LogP contribution is -2.10. The van der Waals surface area contributed by atoms with E-state index in [-0.39, 0.29) is 17.8 Å². The molecule has 0 saturated heterocycles. The van der Waals surface area contributed by atoms with Crippen molar-refractivity contribution < 1.29 is 25.9 Å². The predicted molar refractivity (Wildman–Crippen MR) is 136 cm³/mol. The molecule has 4 aromatic rings. The Bertz CT molecular complexity index is 1760. The number of nitrogens with one attached hydrogen (secondary N) is 2. The van der Waals surface area contributed by atoms with Gasteiger partial charge in [-0.05, 0) is 35.9 Å². The second-order valence-electron chi connectivity index (χ2n) is 7.28. The maximum absolute atomic E-state index is 11.7. The van der Waals surface area contributed by atoms with Gasteiger partial charge in [0, 0.05) is 16.6 Å². The molecule has 0 aliphatic rings. The van der Waals surface area contributed by atoms with Gasteiger partial charge >= 0.3 is 0 Å². The number of nitrogens with zero attached hydrogens (tertiary/aromatic N) is 4. The molecule has 190 valence electrons. The van der Waals surface area contributed by atoms with E-state index in [1.807, 2.05) is 0 Å². The van der Waals surface area contributed by atoms with Gasteiger partial charge in [-0.2, -0.15) is 37.0 Å². The monoisotopic (exact) mass is 560 g/mol.